The highest BCUT2D eigenvalue weighted by Crippen LogP contribution is 2.10. The minimum Gasteiger partial charge on any atom is -0.563 e. The van der Waals surface area contributed by atoms with E-state index in [0.29, 0.717) is 0 Å². The van der Waals surface area contributed by atoms with Crippen LogP contribution in [0, 0.1) is 0 Å². The Morgan fingerprint density at radius 3 is 2.79 bits per heavy atom. The van der Waals surface area contributed by atoms with Gasteiger partial charge in [-0.05, 0) is 18.8 Å². The molecule has 1 unspecified atom stereocenters. The zero-order valence-corrected chi connectivity index (χ0v) is 10.8. The van der Waals surface area contributed by atoms with Crippen molar-refractivity contribution in [2.45, 2.75) is 19.2 Å². The van der Waals surface area contributed by atoms with Crippen molar-refractivity contribution in [3.8, 4) is 5.75 Å². The van der Waals surface area contributed by atoms with E-state index in [1.165, 1.54) is 12.8 Å². The van der Waals surface area contributed by atoms with Crippen LogP contribution in [0.5, 0.6) is 5.75 Å². The van der Waals surface area contributed by atoms with Crippen LogP contribution in [0.4, 0.5) is 0 Å². The maximum absolute atomic E-state index is 5.52. The van der Waals surface area contributed by atoms with E-state index >= 15 is 0 Å². The maximum Gasteiger partial charge on any atom is 0.369 e. The van der Waals surface area contributed by atoms with Gasteiger partial charge in [0.1, 0.15) is 5.75 Å². The average Bonchev–Trinajstić information content (AvgIpc) is 2.20. The van der Waals surface area contributed by atoms with E-state index in [1.54, 1.807) is 0 Å². The van der Waals surface area contributed by atoms with E-state index < -0.39 is 0 Å². The van der Waals surface area contributed by atoms with Crippen LogP contribution in [0.3, 0.4) is 0 Å². The molecule has 0 aromatic heterocycles. The predicted molar refractivity (Wildman–Crippen MR) is 70.0 cm³/mol. The molecular formula is C10H14BBrOP. The first kappa shape index (κ1) is 12.1. The molecule has 0 heterocycles. The molecule has 1 atom stereocenters. The van der Waals surface area contributed by atoms with Gasteiger partial charge in [-0.2, -0.15) is 0 Å². The van der Waals surface area contributed by atoms with Crippen molar-refractivity contribution in [1.29, 1.82) is 0 Å². The molecule has 0 N–H and O–H groups in total. The SMILES string of the molecule is Pc1ccccc1O[B]CCCCBr. The van der Waals surface area contributed by atoms with Gasteiger partial charge in [-0.25, -0.2) is 0 Å². The summed E-state index contributed by atoms with van der Waals surface area (Å²) in [5, 5.41) is 2.17. The van der Waals surface area contributed by atoms with E-state index in [4.69, 9.17) is 4.65 Å². The second-order valence-electron chi connectivity index (χ2n) is 3.01. The highest BCUT2D eigenvalue weighted by Gasteiger charge is 1.99. The molecule has 1 nitrogen and oxygen atoms in total. The fourth-order valence-corrected chi connectivity index (χ4v) is 1.73. The topological polar surface area (TPSA) is 9.23 Å². The summed E-state index contributed by atoms with van der Waals surface area (Å²) in [6.07, 6.45) is 3.37. The molecular weight excluding hydrogens is 258 g/mol. The first-order chi connectivity index (χ1) is 6.84. The van der Waals surface area contributed by atoms with Crippen LogP contribution >= 0.6 is 25.2 Å². The number of para-hydroxylation sites is 1. The fourth-order valence-electron chi connectivity index (χ4n) is 1.06. The Morgan fingerprint density at radius 1 is 1.29 bits per heavy atom. The van der Waals surface area contributed by atoms with Gasteiger partial charge in [0.2, 0.25) is 0 Å². The summed E-state index contributed by atoms with van der Waals surface area (Å²) in [4.78, 5) is 0. The number of benzene rings is 1. The summed E-state index contributed by atoms with van der Waals surface area (Å²) < 4.78 is 5.52. The monoisotopic (exact) mass is 271 g/mol. The lowest BCUT2D eigenvalue weighted by Gasteiger charge is -2.06. The third-order valence-corrected chi connectivity index (χ3v) is 2.87. The van der Waals surface area contributed by atoms with E-state index in [9.17, 15) is 0 Å². The molecule has 0 aliphatic rings. The third-order valence-electron chi connectivity index (χ3n) is 1.83. The molecule has 0 fully saturated rings. The molecule has 1 rings (SSSR count). The number of unbranched alkanes of at least 4 members (excludes halogenated alkanes) is 1. The van der Waals surface area contributed by atoms with Crippen molar-refractivity contribution in [3.05, 3.63) is 24.3 Å². The Kier molecular flexibility index (Phi) is 6.30. The van der Waals surface area contributed by atoms with Gasteiger partial charge in [0.25, 0.3) is 0 Å². The van der Waals surface area contributed by atoms with Crippen molar-refractivity contribution in [3.63, 3.8) is 0 Å². The summed E-state index contributed by atoms with van der Waals surface area (Å²) >= 11 is 3.40. The third kappa shape index (κ3) is 4.48. The molecule has 0 amide bonds. The summed E-state index contributed by atoms with van der Waals surface area (Å²) in [6, 6.07) is 7.98. The molecule has 0 saturated carbocycles. The molecule has 14 heavy (non-hydrogen) atoms. The van der Waals surface area contributed by atoms with Crippen LogP contribution in [-0.2, 0) is 0 Å². The smallest absolute Gasteiger partial charge is 0.369 e. The molecule has 0 aliphatic carbocycles. The van der Waals surface area contributed by atoms with Gasteiger partial charge in [0, 0.05) is 10.6 Å². The molecule has 1 aromatic carbocycles. The standard InChI is InChI=1S/C10H14BBrOP/c12-8-4-3-7-11-13-9-5-1-2-6-10(9)14/h1-2,5-6H,3-4,7-8,14H2. The molecule has 1 radical (unpaired) electrons. The Balaban J connectivity index is 2.21. The van der Waals surface area contributed by atoms with Crippen LogP contribution in [0.1, 0.15) is 12.8 Å². The highest BCUT2D eigenvalue weighted by atomic mass is 79.9. The lowest BCUT2D eigenvalue weighted by atomic mass is 9.92. The summed E-state index contributed by atoms with van der Waals surface area (Å²) in [5.74, 6) is 0.927. The second-order valence-corrected chi connectivity index (χ2v) is 4.42. The van der Waals surface area contributed by atoms with Gasteiger partial charge in [-0.1, -0.05) is 40.5 Å². The number of rotatable bonds is 6. The Labute approximate surface area is 97.2 Å². The van der Waals surface area contributed by atoms with Gasteiger partial charge in [0.15, 0.2) is 0 Å². The van der Waals surface area contributed by atoms with Crippen LogP contribution < -0.4 is 9.96 Å². The number of hydrogen-bond donors (Lipinski definition) is 0. The zero-order valence-electron chi connectivity index (χ0n) is 8.08. The Morgan fingerprint density at radius 2 is 2.07 bits per heavy atom. The fraction of sp³-hybridized carbons (Fsp3) is 0.400. The Bertz CT molecular complexity index is 270. The van der Waals surface area contributed by atoms with Gasteiger partial charge >= 0.3 is 7.48 Å². The summed E-state index contributed by atoms with van der Waals surface area (Å²) in [5.41, 5.74) is 0. The summed E-state index contributed by atoms with van der Waals surface area (Å²) in [6.45, 7) is 0. The minimum atomic E-state index is 0.927. The van der Waals surface area contributed by atoms with Crippen LogP contribution in [-0.4, -0.2) is 12.8 Å². The van der Waals surface area contributed by atoms with Gasteiger partial charge in [0.05, 0.1) is 0 Å². The predicted octanol–water partition coefficient (Wildman–Crippen LogP) is 2.78. The van der Waals surface area contributed by atoms with E-state index in [1.807, 2.05) is 31.7 Å². The minimum absolute atomic E-state index is 0.927. The molecule has 0 saturated heterocycles. The maximum atomic E-state index is 5.52. The first-order valence-corrected chi connectivity index (χ1v) is 6.43. The number of halogens is 1. The quantitative estimate of drug-likeness (QED) is 0.335. The lowest BCUT2D eigenvalue weighted by molar-refractivity contribution is 0.593. The highest BCUT2D eigenvalue weighted by molar-refractivity contribution is 9.09. The van der Waals surface area contributed by atoms with Crippen LogP contribution in [0.25, 0.3) is 0 Å². The van der Waals surface area contributed by atoms with Gasteiger partial charge in [-0.15, -0.1) is 9.24 Å². The number of hydrogen-bond acceptors (Lipinski definition) is 1. The summed E-state index contributed by atoms with van der Waals surface area (Å²) in [7, 11) is 4.55. The first-order valence-electron chi connectivity index (χ1n) is 4.73. The Hall–Kier alpha value is -0.00506. The second kappa shape index (κ2) is 7.31. The van der Waals surface area contributed by atoms with Crippen molar-refractivity contribution in [2.24, 2.45) is 0 Å². The van der Waals surface area contributed by atoms with Crippen LogP contribution in [0.2, 0.25) is 6.32 Å². The van der Waals surface area contributed by atoms with Gasteiger partial charge in [-0.3, -0.25) is 0 Å². The lowest BCUT2D eigenvalue weighted by Crippen LogP contribution is -2.06. The molecule has 1 aromatic rings. The normalized spacial score (nSPS) is 9.86. The van der Waals surface area contributed by atoms with Crippen molar-refractivity contribution >= 4 is 38.0 Å². The molecule has 0 aliphatic heterocycles. The van der Waals surface area contributed by atoms with E-state index in [2.05, 4.69) is 25.2 Å². The van der Waals surface area contributed by atoms with E-state index in [0.717, 1.165) is 22.7 Å². The van der Waals surface area contributed by atoms with Crippen LogP contribution in [0.15, 0.2) is 24.3 Å². The van der Waals surface area contributed by atoms with Crippen molar-refractivity contribution in [1.82, 2.24) is 0 Å². The molecule has 75 valence electrons. The molecule has 0 spiro atoms. The molecule has 0 bridgehead atoms. The van der Waals surface area contributed by atoms with Crippen molar-refractivity contribution < 1.29 is 4.65 Å². The van der Waals surface area contributed by atoms with Crippen molar-refractivity contribution in [2.75, 3.05) is 5.33 Å². The molecule has 4 heteroatoms. The van der Waals surface area contributed by atoms with E-state index in [-0.39, 0.29) is 0 Å². The largest absolute Gasteiger partial charge is 0.563 e. The zero-order chi connectivity index (χ0) is 10.2. The number of alkyl halides is 1. The van der Waals surface area contributed by atoms with Gasteiger partial charge < -0.3 is 4.65 Å². The average molecular weight is 272 g/mol.